The van der Waals surface area contributed by atoms with E-state index in [1.165, 1.54) is 6.07 Å². The van der Waals surface area contributed by atoms with Gasteiger partial charge in [0.05, 0.1) is 11.0 Å². The van der Waals surface area contributed by atoms with Gasteiger partial charge in [-0.1, -0.05) is 6.07 Å². The van der Waals surface area contributed by atoms with Crippen LogP contribution in [0.3, 0.4) is 0 Å². The number of nitrogens with two attached hydrogens (primary N) is 1. The van der Waals surface area contributed by atoms with Crippen LogP contribution < -0.4 is 5.73 Å². The molecule has 1 rings (SSSR count). The van der Waals surface area contributed by atoms with Crippen LogP contribution in [-0.2, 0) is 5.92 Å². The molecule has 0 amide bonds. The summed E-state index contributed by atoms with van der Waals surface area (Å²) < 4.78 is 38.8. The fourth-order valence-corrected chi connectivity index (χ4v) is 1.09. The van der Waals surface area contributed by atoms with Gasteiger partial charge in [-0.15, -0.1) is 0 Å². The van der Waals surface area contributed by atoms with Crippen LogP contribution >= 0.6 is 15.9 Å². The van der Waals surface area contributed by atoms with Crippen molar-refractivity contribution in [2.45, 2.75) is 5.92 Å². The predicted molar refractivity (Wildman–Crippen MR) is 47.0 cm³/mol. The molecule has 5 heteroatoms. The van der Waals surface area contributed by atoms with Gasteiger partial charge in [0.15, 0.2) is 0 Å². The first-order chi connectivity index (χ1) is 5.97. The third-order valence-corrected chi connectivity index (χ3v) is 2.24. The summed E-state index contributed by atoms with van der Waals surface area (Å²) in [7, 11) is 0. The molecule has 72 valence electrons. The Bertz CT molecular complexity index is 314. The average molecular weight is 254 g/mol. The fourth-order valence-electron chi connectivity index (χ4n) is 0.841. The highest BCUT2D eigenvalue weighted by atomic mass is 79.9. The molecule has 0 fully saturated rings. The fraction of sp³-hybridized carbons (Fsp3) is 0.250. The van der Waals surface area contributed by atoms with Gasteiger partial charge in [-0.05, 0) is 28.1 Å². The minimum absolute atomic E-state index is 0.157. The third kappa shape index (κ3) is 2.22. The van der Waals surface area contributed by atoms with Crippen LogP contribution in [0.15, 0.2) is 22.7 Å². The van der Waals surface area contributed by atoms with E-state index >= 15 is 0 Å². The Kier molecular flexibility index (Phi) is 2.98. The molecule has 0 saturated heterocycles. The molecule has 0 aliphatic heterocycles. The lowest BCUT2D eigenvalue weighted by molar-refractivity contribution is 0.00563. The first-order valence-corrected chi connectivity index (χ1v) is 4.30. The second kappa shape index (κ2) is 3.67. The number of alkyl halides is 2. The normalized spacial score (nSPS) is 11.8. The lowest BCUT2D eigenvalue weighted by Gasteiger charge is -2.14. The number of hydrogen-bond acceptors (Lipinski definition) is 1. The summed E-state index contributed by atoms with van der Waals surface area (Å²) >= 11 is 2.87. The Hall–Kier alpha value is -0.550. The Balaban J connectivity index is 3.10. The van der Waals surface area contributed by atoms with Gasteiger partial charge in [0.2, 0.25) is 0 Å². The largest absolute Gasteiger partial charge is 0.325 e. The molecular weight excluding hydrogens is 247 g/mol. The number of hydrogen-bond donors (Lipinski definition) is 1. The lowest BCUT2D eigenvalue weighted by Crippen LogP contribution is -2.25. The Morgan fingerprint density at radius 2 is 2.00 bits per heavy atom. The van der Waals surface area contributed by atoms with E-state index in [-0.39, 0.29) is 4.47 Å². The van der Waals surface area contributed by atoms with Gasteiger partial charge in [0.1, 0.15) is 5.82 Å². The first kappa shape index (κ1) is 10.5. The Morgan fingerprint density at radius 1 is 1.38 bits per heavy atom. The molecule has 0 atom stereocenters. The zero-order valence-corrected chi connectivity index (χ0v) is 8.11. The first-order valence-electron chi connectivity index (χ1n) is 3.51. The zero-order chi connectivity index (χ0) is 10.1. The number of halogens is 4. The van der Waals surface area contributed by atoms with Crippen LogP contribution in [0.1, 0.15) is 5.56 Å². The molecule has 1 aromatic carbocycles. The van der Waals surface area contributed by atoms with Crippen LogP contribution in [0, 0.1) is 5.82 Å². The highest BCUT2D eigenvalue weighted by Gasteiger charge is 2.29. The van der Waals surface area contributed by atoms with Crippen LogP contribution in [0.5, 0.6) is 0 Å². The van der Waals surface area contributed by atoms with Crippen molar-refractivity contribution >= 4 is 15.9 Å². The number of rotatable bonds is 2. The summed E-state index contributed by atoms with van der Waals surface area (Å²) in [6.45, 7) is -0.825. The van der Waals surface area contributed by atoms with Gasteiger partial charge in [-0.25, -0.2) is 4.39 Å². The van der Waals surface area contributed by atoms with E-state index < -0.39 is 23.8 Å². The Morgan fingerprint density at radius 3 is 2.46 bits per heavy atom. The number of benzene rings is 1. The second-order valence-corrected chi connectivity index (χ2v) is 3.39. The lowest BCUT2D eigenvalue weighted by atomic mass is 10.1. The van der Waals surface area contributed by atoms with Gasteiger partial charge in [-0.2, -0.15) is 8.78 Å². The summed E-state index contributed by atoms with van der Waals surface area (Å²) in [6.07, 6.45) is 0. The van der Waals surface area contributed by atoms with Crippen LogP contribution in [0.4, 0.5) is 13.2 Å². The summed E-state index contributed by atoms with van der Waals surface area (Å²) in [5.74, 6) is -3.88. The topological polar surface area (TPSA) is 26.0 Å². The maximum atomic E-state index is 12.9. The summed E-state index contributed by atoms with van der Waals surface area (Å²) in [4.78, 5) is 0. The van der Waals surface area contributed by atoms with Crippen molar-refractivity contribution in [2.75, 3.05) is 6.54 Å². The van der Waals surface area contributed by atoms with Crippen molar-refractivity contribution in [3.8, 4) is 0 Å². The van der Waals surface area contributed by atoms with Gasteiger partial charge >= 0.3 is 0 Å². The quantitative estimate of drug-likeness (QED) is 0.862. The molecule has 0 heterocycles. The van der Waals surface area contributed by atoms with Gasteiger partial charge in [0, 0.05) is 5.56 Å². The molecule has 1 nitrogen and oxygen atoms in total. The van der Waals surface area contributed by atoms with Crippen molar-refractivity contribution < 1.29 is 13.2 Å². The van der Waals surface area contributed by atoms with Crippen molar-refractivity contribution in [1.29, 1.82) is 0 Å². The molecule has 0 unspecified atom stereocenters. The van der Waals surface area contributed by atoms with Gasteiger partial charge < -0.3 is 5.73 Å². The highest BCUT2D eigenvalue weighted by Crippen LogP contribution is 2.28. The smallest absolute Gasteiger partial charge is 0.285 e. The monoisotopic (exact) mass is 253 g/mol. The third-order valence-electron chi connectivity index (χ3n) is 1.60. The molecule has 0 saturated carbocycles. The molecular formula is C8H7BrF3N. The summed E-state index contributed by atoms with van der Waals surface area (Å²) in [5, 5.41) is 0. The molecule has 0 aromatic heterocycles. The van der Waals surface area contributed by atoms with E-state index in [0.717, 1.165) is 12.1 Å². The Labute approximate surface area is 81.9 Å². The maximum Gasteiger partial charge on any atom is 0.285 e. The van der Waals surface area contributed by atoms with Gasteiger partial charge in [0.25, 0.3) is 5.92 Å². The second-order valence-electron chi connectivity index (χ2n) is 2.54. The maximum absolute atomic E-state index is 12.9. The SMILES string of the molecule is NCC(F)(F)c1ccc(Br)c(F)c1. The molecule has 0 aliphatic rings. The van der Waals surface area contributed by atoms with E-state index in [1.54, 1.807) is 0 Å². The van der Waals surface area contributed by atoms with E-state index in [1.807, 2.05) is 0 Å². The van der Waals surface area contributed by atoms with Crippen LogP contribution in [0.2, 0.25) is 0 Å². The van der Waals surface area contributed by atoms with Crippen molar-refractivity contribution in [2.24, 2.45) is 5.73 Å². The highest BCUT2D eigenvalue weighted by molar-refractivity contribution is 9.10. The molecule has 0 aliphatic carbocycles. The molecule has 2 N–H and O–H groups in total. The standard InChI is InChI=1S/C8H7BrF3N/c9-6-2-1-5(3-7(6)10)8(11,12)4-13/h1-3H,4,13H2. The predicted octanol–water partition coefficient (Wildman–Crippen LogP) is 2.64. The molecule has 13 heavy (non-hydrogen) atoms. The van der Waals surface area contributed by atoms with Crippen LogP contribution in [0.25, 0.3) is 0 Å². The molecule has 1 aromatic rings. The van der Waals surface area contributed by atoms with Crippen molar-refractivity contribution in [3.05, 3.63) is 34.1 Å². The van der Waals surface area contributed by atoms with Crippen LogP contribution in [-0.4, -0.2) is 6.54 Å². The van der Waals surface area contributed by atoms with E-state index in [2.05, 4.69) is 15.9 Å². The summed E-state index contributed by atoms with van der Waals surface area (Å²) in [6, 6.07) is 3.14. The van der Waals surface area contributed by atoms with Gasteiger partial charge in [-0.3, -0.25) is 0 Å². The zero-order valence-electron chi connectivity index (χ0n) is 6.53. The minimum Gasteiger partial charge on any atom is -0.325 e. The summed E-state index contributed by atoms with van der Waals surface area (Å²) in [5.41, 5.74) is 4.44. The minimum atomic E-state index is -3.17. The van der Waals surface area contributed by atoms with E-state index in [4.69, 9.17) is 5.73 Å². The molecule has 0 radical (unpaired) electrons. The van der Waals surface area contributed by atoms with Crippen molar-refractivity contribution in [1.82, 2.24) is 0 Å². The van der Waals surface area contributed by atoms with Crippen molar-refractivity contribution in [3.63, 3.8) is 0 Å². The average Bonchev–Trinajstić information content (AvgIpc) is 2.09. The van der Waals surface area contributed by atoms with E-state index in [9.17, 15) is 13.2 Å². The molecule has 0 bridgehead atoms. The molecule has 0 spiro atoms. The van der Waals surface area contributed by atoms with E-state index in [0.29, 0.717) is 0 Å².